The third-order valence-electron chi connectivity index (χ3n) is 2.75. The van der Waals surface area contributed by atoms with Gasteiger partial charge in [0, 0.05) is 13.2 Å². The Labute approximate surface area is 126 Å². The first-order valence-corrected chi connectivity index (χ1v) is 7.50. The van der Waals surface area contributed by atoms with Crippen molar-refractivity contribution >= 4 is 11.6 Å². The van der Waals surface area contributed by atoms with Crippen LogP contribution in [0.1, 0.15) is 32.3 Å². The average molecular weight is 302 g/mol. The van der Waals surface area contributed by atoms with Gasteiger partial charge in [-0.25, -0.2) is 0 Å². The van der Waals surface area contributed by atoms with E-state index in [0.717, 1.165) is 31.5 Å². The SMILES string of the molecule is CCOc1cc(CNCCCCO)cc(Cl)c1OCC. The smallest absolute Gasteiger partial charge is 0.179 e. The molecule has 0 atom stereocenters. The van der Waals surface area contributed by atoms with Gasteiger partial charge in [0.2, 0.25) is 0 Å². The van der Waals surface area contributed by atoms with Gasteiger partial charge in [0.15, 0.2) is 11.5 Å². The van der Waals surface area contributed by atoms with E-state index >= 15 is 0 Å². The fraction of sp³-hybridized carbons (Fsp3) is 0.600. The largest absolute Gasteiger partial charge is 0.490 e. The van der Waals surface area contributed by atoms with E-state index in [1.54, 1.807) is 0 Å². The molecule has 20 heavy (non-hydrogen) atoms. The van der Waals surface area contributed by atoms with E-state index < -0.39 is 0 Å². The molecule has 0 heterocycles. The van der Waals surface area contributed by atoms with Crippen molar-refractivity contribution in [2.45, 2.75) is 33.2 Å². The second kappa shape index (κ2) is 9.86. The molecule has 0 aromatic heterocycles. The Balaban J connectivity index is 2.67. The molecule has 0 radical (unpaired) electrons. The van der Waals surface area contributed by atoms with Crippen molar-refractivity contribution in [1.29, 1.82) is 0 Å². The minimum absolute atomic E-state index is 0.241. The Bertz CT molecular complexity index is 399. The number of hydrogen-bond donors (Lipinski definition) is 2. The lowest BCUT2D eigenvalue weighted by atomic mass is 10.2. The summed E-state index contributed by atoms with van der Waals surface area (Å²) in [6, 6.07) is 3.85. The standard InChI is InChI=1S/C15H24ClNO3/c1-3-19-14-10-12(11-17-7-5-6-8-18)9-13(16)15(14)20-4-2/h9-10,17-18H,3-8,11H2,1-2H3. The van der Waals surface area contributed by atoms with Gasteiger partial charge in [0.05, 0.1) is 18.2 Å². The van der Waals surface area contributed by atoms with E-state index in [1.807, 2.05) is 26.0 Å². The lowest BCUT2D eigenvalue weighted by molar-refractivity contribution is 0.283. The van der Waals surface area contributed by atoms with E-state index in [-0.39, 0.29) is 6.61 Å². The Morgan fingerprint density at radius 2 is 1.90 bits per heavy atom. The summed E-state index contributed by atoms with van der Waals surface area (Å²) in [6.07, 6.45) is 1.78. The molecular weight excluding hydrogens is 278 g/mol. The maximum Gasteiger partial charge on any atom is 0.179 e. The summed E-state index contributed by atoms with van der Waals surface area (Å²) in [5, 5.41) is 12.6. The molecule has 0 aliphatic heterocycles. The van der Waals surface area contributed by atoms with Gasteiger partial charge in [-0.3, -0.25) is 0 Å². The molecule has 4 nitrogen and oxygen atoms in total. The molecule has 0 fully saturated rings. The van der Waals surface area contributed by atoms with Crippen LogP contribution in [0, 0.1) is 0 Å². The number of halogens is 1. The van der Waals surface area contributed by atoms with E-state index in [0.29, 0.717) is 29.7 Å². The Kier molecular flexibility index (Phi) is 8.42. The minimum atomic E-state index is 0.241. The summed E-state index contributed by atoms with van der Waals surface area (Å²) >= 11 is 6.25. The summed E-state index contributed by atoms with van der Waals surface area (Å²) < 4.78 is 11.1. The zero-order chi connectivity index (χ0) is 14.8. The Morgan fingerprint density at radius 1 is 1.15 bits per heavy atom. The topological polar surface area (TPSA) is 50.7 Å². The van der Waals surface area contributed by atoms with Crippen LogP contribution in [0.4, 0.5) is 0 Å². The lowest BCUT2D eigenvalue weighted by Crippen LogP contribution is -2.15. The van der Waals surface area contributed by atoms with Crippen molar-refractivity contribution < 1.29 is 14.6 Å². The van der Waals surface area contributed by atoms with Gasteiger partial charge >= 0.3 is 0 Å². The number of unbranched alkanes of at least 4 members (excludes halogenated alkanes) is 1. The van der Waals surface area contributed by atoms with Crippen LogP contribution in [0.3, 0.4) is 0 Å². The normalized spacial score (nSPS) is 10.6. The van der Waals surface area contributed by atoms with Gasteiger partial charge in [-0.2, -0.15) is 0 Å². The predicted molar refractivity (Wildman–Crippen MR) is 81.8 cm³/mol. The number of ether oxygens (including phenoxy) is 2. The highest BCUT2D eigenvalue weighted by atomic mass is 35.5. The fourth-order valence-electron chi connectivity index (χ4n) is 1.87. The number of aliphatic hydroxyl groups excluding tert-OH is 1. The summed E-state index contributed by atoms with van der Waals surface area (Å²) in [7, 11) is 0. The molecule has 0 bridgehead atoms. The molecule has 114 valence electrons. The second-order valence-electron chi connectivity index (χ2n) is 4.38. The maximum atomic E-state index is 8.72. The van der Waals surface area contributed by atoms with E-state index in [2.05, 4.69) is 5.32 Å². The molecular formula is C15H24ClNO3. The number of rotatable bonds is 10. The number of aliphatic hydroxyl groups is 1. The van der Waals surface area contributed by atoms with Crippen molar-refractivity contribution in [1.82, 2.24) is 5.32 Å². The molecule has 0 aliphatic rings. The monoisotopic (exact) mass is 301 g/mol. The predicted octanol–water partition coefficient (Wildman–Crippen LogP) is 3.00. The van der Waals surface area contributed by atoms with E-state index in [4.69, 9.17) is 26.2 Å². The van der Waals surface area contributed by atoms with Crippen molar-refractivity contribution in [2.75, 3.05) is 26.4 Å². The molecule has 0 spiro atoms. The summed E-state index contributed by atoms with van der Waals surface area (Å²) in [5.74, 6) is 1.30. The zero-order valence-corrected chi connectivity index (χ0v) is 13.0. The maximum absolute atomic E-state index is 8.72. The van der Waals surface area contributed by atoms with Gasteiger partial charge in [0.1, 0.15) is 0 Å². The third kappa shape index (κ3) is 5.57. The molecule has 1 aromatic carbocycles. The number of hydrogen-bond acceptors (Lipinski definition) is 4. The summed E-state index contributed by atoms with van der Waals surface area (Å²) in [6.45, 7) is 6.81. The number of benzene rings is 1. The van der Waals surface area contributed by atoms with Crippen molar-refractivity contribution in [3.05, 3.63) is 22.7 Å². The van der Waals surface area contributed by atoms with Crippen LogP contribution < -0.4 is 14.8 Å². The highest BCUT2D eigenvalue weighted by molar-refractivity contribution is 6.32. The summed E-state index contributed by atoms with van der Waals surface area (Å²) in [5.41, 5.74) is 1.06. The van der Waals surface area contributed by atoms with Gasteiger partial charge in [-0.05, 0) is 50.9 Å². The van der Waals surface area contributed by atoms with E-state index in [1.165, 1.54) is 0 Å². The second-order valence-corrected chi connectivity index (χ2v) is 4.79. The highest BCUT2D eigenvalue weighted by Gasteiger charge is 2.11. The molecule has 0 aliphatic carbocycles. The van der Waals surface area contributed by atoms with Gasteiger partial charge in [-0.1, -0.05) is 11.6 Å². The van der Waals surface area contributed by atoms with Crippen LogP contribution in [-0.2, 0) is 6.54 Å². The third-order valence-corrected chi connectivity index (χ3v) is 3.03. The number of nitrogens with one attached hydrogen (secondary N) is 1. The first-order valence-electron chi connectivity index (χ1n) is 7.12. The van der Waals surface area contributed by atoms with Crippen LogP contribution in [0.15, 0.2) is 12.1 Å². The first-order chi connectivity index (χ1) is 9.72. The van der Waals surface area contributed by atoms with E-state index in [9.17, 15) is 0 Å². The Hall–Kier alpha value is -0.970. The fourth-order valence-corrected chi connectivity index (χ4v) is 2.15. The highest BCUT2D eigenvalue weighted by Crippen LogP contribution is 2.36. The molecule has 5 heteroatoms. The minimum Gasteiger partial charge on any atom is -0.490 e. The molecule has 0 saturated heterocycles. The van der Waals surface area contributed by atoms with Crippen LogP contribution in [0.5, 0.6) is 11.5 Å². The molecule has 0 unspecified atom stereocenters. The summed E-state index contributed by atoms with van der Waals surface area (Å²) in [4.78, 5) is 0. The molecule has 1 rings (SSSR count). The van der Waals surface area contributed by atoms with Crippen LogP contribution in [-0.4, -0.2) is 31.5 Å². The van der Waals surface area contributed by atoms with Crippen molar-refractivity contribution in [3.63, 3.8) is 0 Å². The van der Waals surface area contributed by atoms with Gasteiger partial charge in [0.25, 0.3) is 0 Å². The zero-order valence-electron chi connectivity index (χ0n) is 12.2. The van der Waals surface area contributed by atoms with Crippen LogP contribution in [0.2, 0.25) is 5.02 Å². The van der Waals surface area contributed by atoms with Gasteiger partial charge in [-0.15, -0.1) is 0 Å². The van der Waals surface area contributed by atoms with Crippen LogP contribution in [0.25, 0.3) is 0 Å². The Morgan fingerprint density at radius 3 is 2.55 bits per heavy atom. The first kappa shape index (κ1) is 17.1. The van der Waals surface area contributed by atoms with Gasteiger partial charge < -0.3 is 19.9 Å². The quantitative estimate of drug-likeness (QED) is 0.652. The van der Waals surface area contributed by atoms with Crippen LogP contribution >= 0.6 is 11.6 Å². The molecule has 2 N–H and O–H groups in total. The van der Waals surface area contributed by atoms with Crippen molar-refractivity contribution in [3.8, 4) is 11.5 Å². The average Bonchev–Trinajstić information content (AvgIpc) is 2.43. The van der Waals surface area contributed by atoms with Crippen molar-refractivity contribution in [2.24, 2.45) is 0 Å². The molecule has 0 amide bonds. The lowest BCUT2D eigenvalue weighted by Gasteiger charge is -2.14. The molecule has 1 aromatic rings. The molecule has 0 saturated carbocycles.